The van der Waals surface area contributed by atoms with E-state index in [2.05, 4.69) is 20.8 Å². The fourth-order valence-corrected chi connectivity index (χ4v) is 2.42. The highest BCUT2D eigenvalue weighted by Gasteiger charge is 2.06. The molecule has 5 nitrogen and oxygen atoms in total. The van der Waals surface area contributed by atoms with Crippen LogP contribution in [-0.4, -0.2) is 16.6 Å². The number of hydrazone groups is 1. The molecule has 2 aromatic carbocycles. The molecule has 0 unspecified atom stereocenters. The highest BCUT2D eigenvalue weighted by Crippen LogP contribution is 2.16. The van der Waals surface area contributed by atoms with Crippen molar-refractivity contribution in [1.82, 2.24) is 4.98 Å². The van der Waals surface area contributed by atoms with Gasteiger partial charge < -0.3 is 10.3 Å². The number of aromatic nitrogens is 1. The average molecular weight is 353 g/mol. The van der Waals surface area contributed by atoms with Crippen molar-refractivity contribution in [3.8, 4) is 0 Å². The first-order valence-corrected chi connectivity index (χ1v) is 8.11. The van der Waals surface area contributed by atoms with Gasteiger partial charge in [0.2, 0.25) is 0 Å². The van der Waals surface area contributed by atoms with Gasteiger partial charge in [0, 0.05) is 22.5 Å². The molecule has 0 saturated heterocycles. The van der Waals surface area contributed by atoms with E-state index in [0.717, 1.165) is 17.1 Å². The molecule has 0 aliphatic rings. The Morgan fingerprint density at radius 3 is 2.48 bits per heavy atom. The molecular formula is C19H17ClN4O. The van der Waals surface area contributed by atoms with Gasteiger partial charge in [-0.2, -0.15) is 5.10 Å². The maximum absolute atomic E-state index is 12.2. The molecule has 1 amide bonds. The van der Waals surface area contributed by atoms with Crippen LogP contribution in [0.3, 0.4) is 0 Å². The fourth-order valence-electron chi connectivity index (χ4n) is 2.23. The lowest BCUT2D eigenvalue weighted by molar-refractivity contribution is 0.102. The predicted molar refractivity (Wildman–Crippen MR) is 102 cm³/mol. The van der Waals surface area contributed by atoms with Crippen LogP contribution in [0.25, 0.3) is 0 Å². The number of H-pyrrole nitrogens is 1. The van der Waals surface area contributed by atoms with Crippen molar-refractivity contribution in [2.24, 2.45) is 5.10 Å². The van der Waals surface area contributed by atoms with Crippen LogP contribution >= 0.6 is 11.6 Å². The molecule has 0 aliphatic carbocycles. The number of benzene rings is 2. The zero-order valence-electron chi connectivity index (χ0n) is 13.6. The summed E-state index contributed by atoms with van der Waals surface area (Å²) in [4.78, 5) is 15.3. The predicted octanol–water partition coefficient (Wildman–Crippen LogP) is 4.76. The number of aromatic amines is 1. The summed E-state index contributed by atoms with van der Waals surface area (Å²) in [7, 11) is 0. The second-order valence-corrected chi connectivity index (χ2v) is 5.87. The zero-order chi connectivity index (χ0) is 17.6. The number of hydrogen-bond acceptors (Lipinski definition) is 3. The number of nitrogens with zero attached hydrogens (tertiary/aromatic N) is 1. The van der Waals surface area contributed by atoms with E-state index >= 15 is 0 Å². The Kier molecular flexibility index (Phi) is 5.16. The molecule has 3 rings (SSSR count). The Morgan fingerprint density at radius 2 is 1.80 bits per heavy atom. The van der Waals surface area contributed by atoms with Crippen molar-refractivity contribution in [1.29, 1.82) is 0 Å². The van der Waals surface area contributed by atoms with Gasteiger partial charge in [-0.15, -0.1) is 0 Å². The van der Waals surface area contributed by atoms with Crippen molar-refractivity contribution in [3.63, 3.8) is 0 Å². The van der Waals surface area contributed by atoms with Gasteiger partial charge in [0.25, 0.3) is 5.91 Å². The van der Waals surface area contributed by atoms with Crippen LogP contribution in [-0.2, 0) is 0 Å². The maximum Gasteiger partial charge on any atom is 0.255 e. The Morgan fingerprint density at radius 1 is 1.04 bits per heavy atom. The molecule has 0 radical (unpaired) electrons. The quantitative estimate of drug-likeness (QED) is 0.458. The number of anilines is 2. The Balaban J connectivity index is 1.62. The van der Waals surface area contributed by atoms with Gasteiger partial charge in [0.1, 0.15) is 0 Å². The topological polar surface area (TPSA) is 69.3 Å². The molecule has 3 N–H and O–H groups in total. The van der Waals surface area contributed by atoms with Crippen LogP contribution in [0.15, 0.2) is 72.0 Å². The number of carbonyl (C=O) groups excluding carboxylic acids is 1. The summed E-state index contributed by atoms with van der Waals surface area (Å²) >= 11 is 5.91. The van der Waals surface area contributed by atoms with E-state index in [4.69, 9.17) is 11.6 Å². The molecular weight excluding hydrogens is 336 g/mol. The summed E-state index contributed by atoms with van der Waals surface area (Å²) < 4.78 is 0. The molecule has 0 bridgehead atoms. The third-order valence-electron chi connectivity index (χ3n) is 3.57. The summed E-state index contributed by atoms with van der Waals surface area (Å²) in [6.07, 6.45) is 1.85. The van der Waals surface area contributed by atoms with Gasteiger partial charge in [-0.05, 0) is 61.5 Å². The SMILES string of the molecule is C/C(=N\Nc1ccc(NC(=O)c2cccc(Cl)c2)cc1)c1ccc[nH]1. The van der Waals surface area contributed by atoms with Crippen LogP contribution in [0, 0.1) is 0 Å². The lowest BCUT2D eigenvalue weighted by Crippen LogP contribution is -2.11. The zero-order valence-corrected chi connectivity index (χ0v) is 14.3. The van der Waals surface area contributed by atoms with Gasteiger partial charge in [-0.25, -0.2) is 0 Å². The normalized spacial score (nSPS) is 11.2. The number of nitrogens with one attached hydrogen (secondary N) is 3. The van der Waals surface area contributed by atoms with E-state index in [-0.39, 0.29) is 5.91 Å². The van der Waals surface area contributed by atoms with E-state index in [1.54, 1.807) is 24.3 Å². The molecule has 25 heavy (non-hydrogen) atoms. The van der Waals surface area contributed by atoms with E-state index in [1.165, 1.54) is 0 Å². The standard InChI is InChI=1S/C19H17ClN4O/c1-13(18-6-3-11-21-18)23-24-17-9-7-16(8-10-17)22-19(25)14-4-2-5-15(20)12-14/h2-12,21,24H,1H3,(H,22,25)/b23-13+. The van der Waals surface area contributed by atoms with E-state index in [9.17, 15) is 4.79 Å². The summed E-state index contributed by atoms with van der Waals surface area (Å²) in [5.41, 5.74) is 6.83. The molecule has 0 spiro atoms. The van der Waals surface area contributed by atoms with Gasteiger partial charge in [-0.3, -0.25) is 10.2 Å². The molecule has 1 heterocycles. The Hall–Kier alpha value is -3.05. The van der Waals surface area contributed by atoms with Crippen LogP contribution in [0.1, 0.15) is 23.0 Å². The monoisotopic (exact) mass is 352 g/mol. The molecule has 3 aromatic rings. The van der Waals surface area contributed by atoms with Crippen LogP contribution in [0.4, 0.5) is 11.4 Å². The molecule has 0 fully saturated rings. The number of carbonyl (C=O) groups is 1. The lowest BCUT2D eigenvalue weighted by Gasteiger charge is -2.07. The average Bonchev–Trinajstić information content (AvgIpc) is 3.15. The van der Waals surface area contributed by atoms with Crippen molar-refractivity contribution in [2.75, 3.05) is 10.7 Å². The first-order chi connectivity index (χ1) is 12.1. The minimum absolute atomic E-state index is 0.205. The van der Waals surface area contributed by atoms with Gasteiger partial charge >= 0.3 is 0 Å². The number of rotatable bonds is 5. The van der Waals surface area contributed by atoms with Crippen molar-refractivity contribution >= 4 is 34.6 Å². The largest absolute Gasteiger partial charge is 0.360 e. The smallest absolute Gasteiger partial charge is 0.255 e. The molecule has 0 atom stereocenters. The van der Waals surface area contributed by atoms with E-state index in [1.807, 2.05) is 49.5 Å². The lowest BCUT2D eigenvalue weighted by atomic mass is 10.2. The third-order valence-corrected chi connectivity index (χ3v) is 3.81. The highest BCUT2D eigenvalue weighted by atomic mass is 35.5. The molecule has 1 aromatic heterocycles. The van der Waals surface area contributed by atoms with Gasteiger partial charge in [0.15, 0.2) is 0 Å². The van der Waals surface area contributed by atoms with Crippen molar-refractivity contribution < 1.29 is 4.79 Å². The third kappa shape index (κ3) is 4.49. The minimum atomic E-state index is -0.205. The highest BCUT2D eigenvalue weighted by molar-refractivity contribution is 6.31. The van der Waals surface area contributed by atoms with E-state index < -0.39 is 0 Å². The number of amides is 1. The maximum atomic E-state index is 12.2. The molecule has 126 valence electrons. The first kappa shape index (κ1) is 16.8. The molecule has 0 aliphatic heterocycles. The number of halogens is 1. The summed E-state index contributed by atoms with van der Waals surface area (Å²) in [5.74, 6) is -0.205. The Bertz CT molecular complexity index is 886. The first-order valence-electron chi connectivity index (χ1n) is 7.73. The summed E-state index contributed by atoms with van der Waals surface area (Å²) in [5, 5.41) is 7.68. The van der Waals surface area contributed by atoms with Crippen molar-refractivity contribution in [2.45, 2.75) is 6.92 Å². The van der Waals surface area contributed by atoms with Gasteiger partial charge in [0.05, 0.1) is 17.1 Å². The Labute approximate surface area is 150 Å². The second kappa shape index (κ2) is 7.68. The van der Waals surface area contributed by atoms with Crippen LogP contribution in [0.5, 0.6) is 0 Å². The van der Waals surface area contributed by atoms with Crippen molar-refractivity contribution in [3.05, 3.63) is 83.1 Å². The summed E-state index contributed by atoms with van der Waals surface area (Å²) in [6.45, 7) is 1.92. The summed E-state index contributed by atoms with van der Waals surface area (Å²) in [6, 6.07) is 18.0. The second-order valence-electron chi connectivity index (χ2n) is 5.43. The van der Waals surface area contributed by atoms with Crippen LogP contribution < -0.4 is 10.7 Å². The molecule has 0 saturated carbocycles. The van der Waals surface area contributed by atoms with Crippen LogP contribution in [0.2, 0.25) is 5.02 Å². The number of hydrogen-bond donors (Lipinski definition) is 3. The minimum Gasteiger partial charge on any atom is -0.360 e. The van der Waals surface area contributed by atoms with Gasteiger partial charge in [-0.1, -0.05) is 17.7 Å². The molecule has 6 heteroatoms. The fraction of sp³-hybridized carbons (Fsp3) is 0.0526. The van der Waals surface area contributed by atoms with E-state index in [0.29, 0.717) is 16.3 Å².